The molecule has 1 aliphatic carbocycles. The van der Waals surface area contributed by atoms with Gasteiger partial charge in [0.05, 0.1) is 10.6 Å². The minimum atomic E-state index is -0.866. The van der Waals surface area contributed by atoms with Gasteiger partial charge in [0.15, 0.2) is 10.9 Å². The van der Waals surface area contributed by atoms with Crippen LogP contribution < -0.4 is 11.1 Å². The number of hydrogen-bond donors (Lipinski definition) is 3. The van der Waals surface area contributed by atoms with Gasteiger partial charge < -0.3 is 20.9 Å². The first-order chi connectivity index (χ1) is 15.5. The minimum Gasteiger partial charge on any atom is -0.506 e. The molecule has 10 heteroatoms. The van der Waals surface area contributed by atoms with Crippen LogP contribution in [0.5, 0.6) is 0 Å². The molecule has 1 aliphatic rings. The number of nitrogens with one attached hydrogen (secondary N) is 1. The number of carbonyl (C=O) groups is 3. The van der Waals surface area contributed by atoms with Gasteiger partial charge in [-0.1, -0.05) is 18.3 Å². The summed E-state index contributed by atoms with van der Waals surface area (Å²) >= 11 is 1.15. The molecule has 0 radical (unpaired) electrons. The Morgan fingerprint density at radius 3 is 2.61 bits per heavy atom. The van der Waals surface area contributed by atoms with Crippen LogP contribution in [0.4, 0.5) is 9.93 Å². The summed E-state index contributed by atoms with van der Waals surface area (Å²) in [6, 6.07) is 3.39. The van der Waals surface area contributed by atoms with Crippen molar-refractivity contribution in [3.05, 3.63) is 45.7 Å². The Morgan fingerprint density at radius 1 is 1.30 bits per heavy atom. The lowest BCUT2D eigenvalue weighted by atomic mass is 9.85. The van der Waals surface area contributed by atoms with Crippen LogP contribution in [0.15, 0.2) is 23.9 Å². The Labute approximate surface area is 196 Å². The number of rotatable bonds is 7. The number of amides is 2. The Hall–Kier alpha value is -3.27. The lowest BCUT2D eigenvalue weighted by Crippen LogP contribution is -2.37. The molecule has 1 unspecified atom stereocenters. The highest BCUT2D eigenvalue weighted by atomic mass is 32.1. The molecule has 9 nitrogen and oxygen atoms in total. The topological polar surface area (TPSA) is 144 Å². The fourth-order valence-corrected chi connectivity index (χ4v) is 5.16. The number of fused-ring (bicyclic) bond motifs is 1. The summed E-state index contributed by atoms with van der Waals surface area (Å²) in [5.74, 6) is -0.881. The fraction of sp³-hybridized carbons (Fsp3) is 0.435. The molecule has 0 aliphatic heterocycles. The molecule has 1 atom stereocenters. The molecule has 0 fully saturated rings. The molecule has 0 spiro atoms. The second-order valence-electron chi connectivity index (χ2n) is 8.44. The van der Waals surface area contributed by atoms with E-state index in [0.29, 0.717) is 58.2 Å². The van der Waals surface area contributed by atoms with E-state index < -0.39 is 11.7 Å². The van der Waals surface area contributed by atoms with Gasteiger partial charge in [-0.05, 0) is 51.7 Å². The van der Waals surface area contributed by atoms with Crippen molar-refractivity contribution in [3.8, 4) is 0 Å². The maximum absolute atomic E-state index is 13.2. The van der Waals surface area contributed by atoms with E-state index in [1.807, 2.05) is 6.92 Å². The largest absolute Gasteiger partial charge is 0.506 e. The first-order valence-electron chi connectivity index (χ1n) is 10.7. The van der Waals surface area contributed by atoms with Crippen molar-refractivity contribution in [3.63, 3.8) is 0 Å². The van der Waals surface area contributed by atoms with Gasteiger partial charge in [-0.25, -0.2) is 9.78 Å². The van der Waals surface area contributed by atoms with E-state index in [-0.39, 0.29) is 23.4 Å². The number of aryl methyl sites for hydroxylation is 1. The molecule has 3 rings (SSSR count). The van der Waals surface area contributed by atoms with Crippen molar-refractivity contribution in [2.45, 2.75) is 64.9 Å². The minimum absolute atomic E-state index is 0.104. The van der Waals surface area contributed by atoms with Gasteiger partial charge in [0, 0.05) is 35.9 Å². The molecule has 2 aromatic heterocycles. The number of pyridine rings is 1. The summed E-state index contributed by atoms with van der Waals surface area (Å²) in [5, 5.41) is 13.9. The predicted molar refractivity (Wildman–Crippen MR) is 125 cm³/mol. The molecule has 2 heterocycles. The van der Waals surface area contributed by atoms with Crippen LogP contribution in [0, 0.1) is 0 Å². The van der Waals surface area contributed by atoms with Crippen molar-refractivity contribution in [1.82, 2.24) is 9.97 Å². The molecule has 2 aromatic rings. The summed E-state index contributed by atoms with van der Waals surface area (Å²) in [6.45, 7) is 6.87. The van der Waals surface area contributed by atoms with Gasteiger partial charge in [-0.2, -0.15) is 0 Å². The summed E-state index contributed by atoms with van der Waals surface area (Å²) in [6.07, 6.45) is 2.91. The van der Waals surface area contributed by atoms with E-state index in [1.165, 1.54) is 13.1 Å². The molecule has 0 saturated carbocycles. The van der Waals surface area contributed by atoms with Gasteiger partial charge in [0.25, 0.3) is 0 Å². The van der Waals surface area contributed by atoms with E-state index in [0.717, 1.165) is 11.3 Å². The van der Waals surface area contributed by atoms with E-state index >= 15 is 0 Å². The van der Waals surface area contributed by atoms with Crippen LogP contribution in [0.25, 0.3) is 5.76 Å². The molecule has 0 aromatic carbocycles. The number of aromatic nitrogens is 2. The zero-order chi connectivity index (χ0) is 24.3. The molecule has 176 valence electrons. The van der Waals surface area contributed by atoms with Gasteiger partial charge in [-0.15, -0.1) is 0 Å². The van der Waals surface area contributed by atoms with Gasteiger partial charge in [-0.3, -0.25) is 14.6 Å². The van der Waals surface area contributed by atoms with Gasteiger partial charge in [0.1, 0.15) is 11.4 Å². The predicted octanol–water partition coefficient (Wildman–Crippen LogP) is 4.35. The number of primary amides is 1. The van der Waals surface area contributed by atoms with E-state index in [4.69, 9.17) is 10.5 Å². The zero-order valence-electron chi connectivity index (χ0n) is 19.1. The van der Waals surface area contributed by atoms with Crippen LogP contribution >= 0.6 is 11.3 Å². The zero-order valence-corrected chi connectivity index (χ0v) is 19.9. The van der Waals surface area contributed by atoms with Crippen molar-refractivity contribution >= 4 is 40.0 Å². The number of ketones is 1. The molecule has 4 N–H and O–H groups in total. The van der Waals surface area contributed by atoms with Gasteiger partial charge >= 0.3 is 6.09 Å². The highest BCUT2D eigenvalue weighted by molar-refractivity contribution is 7.16. The molecule has 33 heavy (non-hydrogen) atoms. The molecule has 0 saturated heterocycles. The van der Waals surface area contributed by atoms with Crippen LogP contribution in [0.2, 0.25) is 0 Å². The Kier molecular flexibility index (Phi) is 7.16. The van der Waals surface area contributed by atoms with E-state index in [9.17, 15) is 19.5 Å². The number of thiazole rings is 1. The number of aliphatic hydroxyl groups is 1. The first-order valence-corrected chi connectivity index (χ1v) is 11.5. The SMILES string of the molecule is CCC(c1ccc(C(=O)C2=C(O)c3sc(NC(C)=O)nc3CCC2)cn1)C(C)(C)OC(N)=O. The van der Waals surface area contributed by atoms with Crippen LogP contribution in [-0.2, 0) is 16.0 Å². The average molecular weight is 473 g/mol. The summed E-state index contributed by atoms with van der Waals surface area (Å²) < 4.78 is 5.27. The van der Waals surface area contributed by atoms with E-state index in [2.05, 4.69) is 15.3 Å². The highest BCUT2D eigenvalue weighted by Crippen LogP contribution is 2.37. The Bertz CT molecular complexity index is 1100. The van der Waals surface area contributed by atoms with Gasteiger partial charge in [0.2, 0.25) is 5.91 Å². The number of nitrogens with two attached hydrogens (primary N) is 1. The second-order valence-corrected chi connectivity index (χ2v) is 9.44. The lowest BCUT2D eigenvalue weighted by Gasteiger charge is -2.32. The molecule has 0 bridgehead atoms. The number of hydrogen-bond acceptors (Lipinski definition) is 8. The maximum atomic E-state index is 13.2. The first kappa shape index (κ1) is 24.4. The normalized spacial score (nSPS) is 14.8. The third-order valence-corrected chi connectivity index (χ3v) is 6.63. The van der Waals surface area contributed by atoms with E-state index in [1.54, 1.807) is 26.0 Å². The summed E-state index contributed by atoms with van der Waals surface area (Å²) in [5.41, 5.74) is 6.32. The maximum Gasteiger partial charge on any atom is 0.405 e. The number of Topliss-reactive ketones (excluding diaryl/α,β-unsaturated/α-hetero) is 1. The number of aliphatic hydroxyl groups excluding tert-OH is 1. The Morgan fingerprint density at radius 2 is 2.03 bits per heavy atom. The fourth-order valence-electron chi connectivity index (χ4n) is 4.13. The van der Waals surface area contributed by atoms with Crippen molar-refractivity contribution in [1.29, 1.82) is 0 Å². The molecular weight excluding hydrogens is 444 g/mol. The molecular formula is C23H28N4O5S. The van der Waals surface area contributed by atoms with Crippen molar-refractivity contribution < 1.29 is 24.2 Å². The molecule has 2 amide bonds. The van der Waals surface area contributed by atoms with Crippen molar-refractivity contribution in [2.75, 3.05) is 5.32 Å². The number of allylic oxidation sites excluding steroid dienone is 1. The quantitative estimate of drug-likeness (QED) is 0.508. The highest BCUT2D eigenvalue weighted by Gasteiger charge is 2.34. The number of carbonyl (C=O) groups excluding carboxylic acids is 3. The monoisotopic (exact) mass is 472 g/mol. The number of ether oxygens (including phenoxy) is 1. The Balaban J connectivity index is 1.88. The number of anilines is 1. The lowest BCUT2D eigenvalue weighted by molar-refractivity contribution is -0.114. The second kappa shape index (κ2) is 9.70. The number of nitrogens with zero attached hydrogens (tertiary/aromatic N) is 2. The van der Waals surface area contributed by atoms with Crippen molar-refractivity contribution in [2.24, 2.45) is 5.73 Å². The third-order valence-electron chi connectivity index (χ3n) is 5.61. The summed E-state index contributed by atoms with van der Waals surface area (Å²) in [4.78, 5) is 45.2. The smallest absolute Gasteiger partial charge is 0.405 e. The third kappa shape index (κ3) is 5.39. The van der Waals surface area contributed by atoms with Crippen LogP contribution in [0.1, 0.15) is 79.5 Å². The average Bonchev–Trinajstić information content (AvgIpc) is 3.05. The summed E-state index contributed by atoms with van der Waals surface area (Å²) in [7, 11) is 0. The standard InChI is InChI=1S/C23H28N4O5S/c1-5-15(23(3,4)32-21(24)31)16-10-9-13(11-25-16)18(29)14-7-6-8-17-20(19(14)30)33-22(27-17)26-12(2)28/h9-11,15,30H,5-8H2,1-4H3,(H2,24,31)(H,26,27,28). The van der Waals surface area contributed by atoms with Crippen LogP contribution in [0.3, 0.4) is 0 Å². The van der Waals surface area contributed by atoms with Crippen LogP contribution in [-0.4, -0.2) is 38.5 Å².